The Labute approximate surface area is 285 Å². The van der Waals surface area contributed by atoms with Gasteiger partial charge in [-0.05, 0) is 60.7 Å². The molecule has 0 bridgehead atoms. The SMILES string of the molecule is C[C@@H](Cn1cnnn1)Oc1cc(-c2cnc(Nc3cn([C@H]4CC[C@H](N5CCOCC5)CC4)nc3OCCOCC(F)(F)F)nc2)ccc1Cl. The Kier molecular flexibility index (Phi) is 11.4. The molecular formula is C31H38ClF3N10O4. The lowest BCUT2D eigenvalue weighted by molar-refractivity contribution is -0.175. The second-order valence-electron chi connectivity index (χ2n) is 12.0. The normalized spacial score (nSPS) is 19.4. The van der Waals surface area contributed by atoms with E-state index in [0.29, 0.717) is 29.0 Å². The summed E-state index contributed by atoms with van der Waals surface area (Å²) in [5.74, 6) is 1.02. The first kappa shape index (κ1) is 34.8. The molecule has 1 saturated heterocycles. The average Bonchev–Trinajstić information content (AvgIpc) is 3.76. The van der Waals surface area contributed by atoms with Crippen LogP contribution in [0.15, 0.2) is 43.1 Å². The lowest BCUT2D eigenvalue weighted by atomic mass is 9.90. The van der Waals surface area contributed by atoms with Crippen molar-refractivity contribution in [2.45, 2.75) is 63.5 Å². The first-order chi connectivity index (χ1) is 23.7. The molecule has 1 aliphatic heterocycles. The second-order valence-corrected chi connectivity index (χ2v) is 12.4. The summed E-state index contributed by atoms with van der Waals surface area (Å²) in [6, 6.07) is 6.07. The average molecular weight is 707 g/mol. The van der Waals surface area contributed by atoms with Crippen molar-refractivity contribution in [1.29, 1.82) is 0 Å². The van der Waals surface area contributed by atoms with Crippen LogP contribution in [0.4, 0.5) is 24.8 Å². The van der Waals surface area contributed by atoms with Gasteiger partial charge in [-0.15, -0.1) is 10.2 Å². The van der Waals surface area contributed by atoms with Crippen molar-refractivity contribution in [1.82, 2.24) is 44.9 Å². The van der Waals surface area contributed by atoms with Crippen molar-refractivity contribution >= 4 is 23.2 Å². The molecule has 2 aliphatic rings. The standard InChI is InChI=1S/C31H38ClF3N10O4/c1-21(17-44-20-38-41-42-44)49-28-14-22(2-7-26(28)32)23-15-36-30(37-16-23)39-27-18-45(40-29(27)48-13-12-47-19-31(33,34)35)25-5-3-24(4-6-25)43-8-10-46-11-9-43/h2,7,14-16,18,20-21,24-25H,3-6,8-13,17,19H2,1H3,(H,36,37,39)/t21-,24-,25-/m0/s1. The second kappa shape index (κ2) is 16.1. The minimum absolute atomic E-state index is 0.110. The number of aromatic nitrogens is 8. The Hall–Kier alpha value is -4.06. The summed E-state index contributed by atoms with van der Waals surface area (Å²) in [5, 5.41) is 19.4. The zero-order valence-corrected chi connectivity index (χ0v) is 27.7. The third-order valence-electron chi connectivity index (χ3n) is 8.36. The van der Waals surface area contributed by atoms with Crippen molar-refractivity contribution in [2.24, 2.45) is 0 Å². The summed E-state index contributed by atoms with van der Waals surface area (Å²) < 4.78 is 63.1. The Balaban J connectivity index is 1.12. The molecule has 1 N–H and O–H groups in total. The zero-order chi connectivity index (χ0) is 34.2. The van der Waals surface area contributed by atoms with Gasteiger partial charge in [0.25, 0.3) is 5.88 Å². The molecule has 2 fully saturated rings. The number of benzene rings is 1. The van der Waals surface area contributed by atoms with Crippen LogP contribution in [-0.2, 0) is 16.0 Å². The molecule has 3 aromatic heterocycles. The molecule has 0 unspecified atom stereocenters. The number of morpholine rings is 1. The quantitative estimate of drug-likeness (QED) is 0.177. The van der Waals surface area contributed by atoms with E-state index in [1.54, 1.807) is 23.1 Å². The van der Waals surface area contributed by atoms with Crippen LogP contribution in [-0.4, -0.2) is 109 Å². The highest BCUT2D eigenvalue weighted by Gasteiger charge is 2.29. The summed E-state index contributed by atoms with van der Waals surface area (Å²) in [6.45, 7) is 4.07. The number of ether oxygens (including phenoxy) is 4. The number of tetrazole rings is 1. The number of alkyl halides is 3. The molecule has 0 radical (unpaired) electrons. The molecule has 1 saturated carbocycles. The van der Waals surface area contributed by atoms with E-state index in [-0.39, 0.29) is 37.2 Å². The van der Waals surface area contributed by atoms with Gasteiger partial charge >= 0.3 is 6.18 Å². The smallest absolute Gasteiger partial charge is 0.411 e. The van der Waals surface area contributed by atoms with Gasteiger partial charge in [0.1, 0.15) is 37.1 Å². The lowest BCUT2D eigenvalue weighted by Gasteiger charge is -2.38. The van der Waals surface area contributed by atoms with Crippen LogP contribution < -0.4 is 14.8 Å². The largest absolute Gasteiger partial charge is 0.487 e. The van der Waals surface area contributed by atoms with Gasteiger partial charge in [0, 0.05) is 37.1 Å². The van der Waals surface area contributed by atoms with E-state index in [0.717, 1.165) is 63.1 Å². The van der Waals surface area contributed by atoms with Crippen molar-refractivity contribution in [3.05, 3.63) is 48.1 Å². The predicted molar refractivity (Wildman–Crippen MR) is 172 cm³/mol. The van der Waals surface area contributed by atoms with Crippen molar-refractivity contribution in [3.8, 4) is 22.8 Å². The lowest BCUT2D eigenvalue weighted by Crippen LogP contribution is -2.45. The van der Waals surface area contributed by atoms with E-state index in [9.17, 15) is 13.2 Å². The minimum Gasteiger partial charge on any atom is -0.487 e. The third-order valence-corrected chi connectivity index (χ3v) is 8.67. The summed E-state index contributed by atoms with van der Waals surface area (Å²) in [6.07, 6.45) is 5.95. The molecule has 1 aromatic carbocycles. The number of rotatable bonds is 14. The molecule has 0 spiro atoms. The molecule has 4 aromatic rings. The Morgan fingerprint density at radius 1 is 1.04 bits per heavy atom. The highest BCUT2D eigenvalue weighted by Crippen LogP contribution is 2.35. The van der Waals surface area contributed by atoms with Gasteiger partial charge in [0.15, 0.2) is 0 Å². The number of halogens is 4. The monoisotopic (exact) mass is 706 g/mol. The highest BCUT2D eigenvalue weighted by atomic mass is 35.5. The Morgan fingerprint density at radius 2 is 1.80 bits per heavy atom. The summed E-state index contributed by atoms with van der Waals surface area (Å²) in [5.41, 5.74) is 2.02. The maximum Gasteiger partial charge on any atom is 0.411 e. The third kappa shape index (κ3) is 9.77. The van der Waals surface area contributed by atoms with Gasteiger partial charge in [-0.1, -0.05) is 17.7 Å². The fourth-order valence-electron chi connectivity index (χ4n) is 5.99. The highest BCUT2D eigenvalue weighted by molar-refractivity contribution is 6.32. The van der Waals surface area contributed by atoms with Crippen LogP contribution in [0.2, 0.25) is 5.02 Å². The van der Waals surface area contributed by atoms with Crippen LogP contribution in [0.5, 0.6) is 11.6 Å². The Bertz CT molecular complexity index is 1610. The molecule has 6 rings (SSSR count). The molecule has 0 amide bonds. The fraction of sp³-hybridized carbons (Fsp3) is 0.548. The van der Waals surface area contributed by atoms with Gasteiger partial charge in [-0.3, -0.25) is 9.58 Å². The van der Waals surface area contributed by atoms with E-state index in [1.165, 1.54) is 6.33 Å². The molecule has 264 valence electrons. The first-order valence-electron chi connectivity index (χ1n) is 16.1. The summed E-state index contributed by atoms with van der Waals surface area (Å²) in [7, 11) is 0. The van der Waals surface area contributed by atoms with Gasteiger partial charge < -0.3 is 24.3 Å². The number of hydrogen-bond acceptors (Lipinski definition) is 12. The van der Waals surface area contributed by atoms with Crippen molar-refractivity contribution in [3.63, 3.8) is 0 Å². The van der Waals surface area contributed by atoms with E-state index >= 15 is 0 Å². The molecule has 1 atom stereocenters. The van der Waals surface area contributed by atoms with E-state index in [4.69, 9.17) is 30.5 Å². The minimum atomic E-state index is -4.41. The van der Waals surface area contributed by atoms with Gasteiger partial charge in [0.2, 0.25) is 5.95 Å². The fourth-order valence-corrected chi connectivity index (χ4v) is 6.15. The van der Waals surface area contributed by atoms with E-state index in [2.05, 4.69) is 40.8 Å². The molecular weight excluding hydrogens is 669 g/mol. The molecule has 14 nitrogen and oxygen atoms in total. The van der Waals surface area contributed by atoms with Crippen LogP contribution in [0.3, 0.4) is 0 Å². The number of anilines is 2. The van der Waals surface area contributed by atoms with Crippen LogP contribution in [0.1, 0.15) is 38.6 Å². The summed E-state index contributed by atoms with van der Waals surface area (Å²) >= 11 is 6.42. The van der Waals surface area contributed by atoms with E-state index in [1.807, 2.05) is 29.9 Å². The van der Waals surface area contributed by atoms with Crippen LogP contribution in [0, 0.1) is 0 Å². The zero-order valence-electron chi connectivity index (χ0n) is 26.9. The topological polar surface area (TPSA) is 139 Å². The van der Waals surface area contributed by atoms with Crippen molar-refractivity contribution in [2.75, 3.05) is 51.4 Å². The van der Waals surface area contributed by atoms with Crippen LogP contribution >= 0.6 is 11.6 Å². The van der Waals surface area contributed by atoms with Crippen molar-refractivity contribution < 1.29 is 32.1 Å². The summed E-state index contributed by atoms with van der Waals surface area (Å²) in [4.78, 5) is 11.5. The van der Waals surface area contributed by atoms with E-state index < -0.39 is 12.8 Å². The predicted octanol–water partition coefficient (Wildman–Crippen LogP) is 4.96. The molecule has 49 heavy (non-hydrogen) atoms. The molecule has 18 heteroatoms. The van der Waals surface area contributed by atoms with Gasteiger partial charge in [-0.2, -0.15) is 13.2 Å². The maximum absolute atomic E-state index is 12.5. The number of nitrogens with one attached hydrogen (secondary N) is 1. The first-order valence-corrected chi connectivity index (χ1v) is 16.5. The van der Waals surface area contributed by atoms with Crippen LogP contribution in [0.25, 0.3) is 11.1 Å². The number of hydrogen-bond donors (Lipinski definition) is 1. The number of nitrogens with zero attached hydrogens (tertiary/aromatic N) is 9. The maximum atomic E-state index is 12.5. The van der Waals surface area contributed by atoms with Gasteiger partial charge in [0.05, 0.1) is 43.6 Å². The molecule has 1 aliphatic carbocycles. The van der Waals surface area contributed by atoms with Gasteiger partial charge in [-0.25, -0.2) is 14.6 Å². The Morgan fingerprint density at radius 3 is 2.51 bits per heavy atom. The molecule has 4 heterocycles.